The van der Waals surface area contributed by atoms with Crippen molar-refractivity contribution in [1.29, 1.82) is 0 Å². The number of benzene rings is 3. The lowest BCUT2D eigenvalue weighted by Crippen LogP contribution is -2.37. The number of aromatic hydroxyl groups is 1. The first kappa shape index (κ1) is 22.8. The van der Waals surface area contributed by atoms with E-state index in [1.807, 2.05) is 55.5 Å². The van der Waals surface area contributed by atoms with Crippen LogP contribution >= 0.6 is 0 Å². The van der Waals surface area contributed by atoms with Crippen molar-refractivity contribution in [3.63, 3.8) is 0 Å². The highest BCUT2D eigenvalue weighted by molar-refractivity contribution is 5.97. The van der Waals surface area contributed by atoms with Crippen LogP contribution in [-0.4, -0.2) is 46.8 Å². The van der Waals surface area contributed by atoms with Crippen molar-refractivity contribution in [2.45, 2.75) is 13.6 Å². The fraction of sp³-hybridized carbons (Fsp3) is 0.222. The molecular weight excluding hydrogens is 444 g/mol. The van der Waals surface area contributed by atoms with Crippen molar-refractivity contribution in [2.75, 3.05) is 26.3 Å². The maximum absolute atomic E-state index is 12.8. The Balaban J connectivity index is 1.38. The molecule has 1 amide bonds. The van der Waals surface area contributed by atoms with E-state index in [4.69, 9.17) is 9.47 Å². The summed E-state index contributed by atoms with van der Waals surface area (Å²) in [5.41, 5.74) is 2.58. The Kier molecular flexibility index (Phi) is 6.56. The van der Waals surface area contributed by atoms with Gasteiger partial charge in [0.05, 0.1) is 25.4 Å². The number of amides is 1. The molecule has 4 aromatic rings. The van der Waals surface area contributed by atoms with Crippen molar-refractivity contribution in [1.82, 2.24) is 9.47 Å². The van der Waals surface area contributed by atoms with Crippen LogP contribution in [0.2, 0.25) is 0 Å². The molecular formula is C27H26N4O4. The number of azo groups is 1. The maximum Gasteiger partial charge on any atom is 0.295 e. The van der Waals surface area contributed by atoms with Gasteiger partial charge in [0.25, 0.3) is 5.91 Å². The molecule has 5 rings (SSSR count). The lowest BCUT2D eigenvalue weighted by atomic mass is 10.2. The number of hydrogen-bond donors (Lipinski definition) is 1. The van der Waals surface area contributed by atoms with E-state index in [-0.39, 0.29) is 11.6 Å². The Morgan fingerprint density at radius 2 is 1.77 bits per heavy atom. The first-order valence-electron chi connectivity index (χ1n) is 11.5. The summed E-state index contributed by atoms with van der Waals surface area (Å²) in [5, 5.41) is 19.8. The van der Waals surface area contributed by atoms with Gasteiger partial charge in [0.15, 0.2) is 5.69 Å². The molecule has 0 aliphatic carbocycles. The second kappa shape index (κ2) is 10.1. The van der Waals surface area contributed by atoms with Gasteiger partial charge >= 0.3 is 0 Å². The number of nitrogens with zero attached hydrogens (tertiary/aromatic N) is 4. The highest BCUT2D eigenvalue weighted by Crippen LogP contribution is 2.39. The average molecular weight is 471 g/mol. The summed E-state index contributed by atoms with van der Waals surface area (Å²) in [7, 11) is 0. The van der Waals surface area contributed by atoms with Crippen LogP contribution in [0.4, 0.5) is 5.69 Å². The van der Waals surface area contributed by atoms with Gasteiger partial charge in [-0.15, -0.1) is 10.2 Å². The van der Waals surface area contributed by atoms with Crippen molar-refractivity contribution >= 4 is 22.5 Å². The van der Waals surface area contributed by atoms with Gasteiger partial charge in [-0.3, -0.25) is 14.3 Å². The summed E-state index contributed by atoms with van der Waals surface area (Å²) in [6.07, 6.45) is 0. The monoisotopic (exact) mass is 470 g/mol. The molecule has 3 aromatic carbocycles. The SMILES string of the molecule is Cc1ccc(Oc2cccc(C(=O)N=Nc3c(O)n(CN4CCOCC4)c4ccccc34)c2)cc1. The Labute approximate surface area is 203 Å². The molecule has 1 aliphatic heterocycles. The number of rotatable bonds is 6. The zero-order valence-electron chi connectivity index (χ0n) is 19.4. The minimum Gasteiger partial charge on any atom is -0.493 e. The topological polar surface area (TPSA) is 88.7 Å². The quantitative estimate of drug-likeness (QED) is 0.367. The van der Waals surface area contributed by atoms with Crippen LogP contribution in [0.5, 0.6) is 17.4 Å². The summed E-state index contributed by atoms with van der Waals surface area (Å²) in [6.45, 7) is 5.38. The lowest BCUT2D eigenvalue weighted by molar-refractivity contribution is 0.0231. The highest BCUT2D eigenvalue weighted by Gasteiger charge is 2.20. The van der Waals surface area contributed by atoms with E-state index in [2.05, 4.69) is 15.1 Å². The van der Waals surface area contributed by atoms with Gasteiger partial charge in [-0.05, 0) is 43.3 Å². The molecule has 8 heteroatoms. The number of aromatic nitrogens is 1. The minimum absolute atomic E-state index is 0.0225. The number of aryl methyl sites for hydroxylation is 1. The molecule has 2 heterocycles. The molecule has 0 atom stereocenters. The second-order valence-electron chi connectivity index (χ2n) is 8.44. The van der Waals surface area contributed by atoms with Gasteiger partial charge in [-0.25, -0.2) is 0 Å². The molecule has 35 heavy (non-hydrogen) atoms. The molecule has 0 spiro atoms. The number of hydrogen-bond acceptors (Lipinski definition) is 6. The van der Waals surface area contributed by atoms with Gasteiger partial charge in [0, 0.05) is 24.0 Å². The van der Waals surface area contributed by atoms with Crippen LogP contribution in [0.15, 0.2) is 83.0 Å². The van der Waals surface area contributed by atoms with Crippen molar-refractivity contribution in [2.24, 2.45) is 10.2 Å². The zero-order valence-corrected chi connectivity index (χ0v) is 19.4. The van der Waals surface area contributed by atoms with E-state index in [9.17, 15) is 9.90 Å². The number of carbonyl (C=O) groups excluding carboxylic acids is 1. The van der Waals surface area contributed by atoms with E-state index in [0.29, 0.717) is 36.9 Å². The molecule has 8 nitrogen and oxygen atoms in total. The summed E-state index contributed by atoms with van der Waals surface area (Å²) in [6, 6.07) is 22.0. The number of fused-ring (bicyclic) bond motifs is 1. The van der Waals surface area contributed by atoms with E-state index in [1.54, 1.807) is 28.8 Å². The molecule has 0 radical (unpaired) electrons. The molecule has 0 saturated carbocycles. The van der Waals surface area contributed by atoms with Gasteiger partial charge in [0.1, 0.15) is 11.5 Å². The Hall–Kier alpha value is -4.01. The summed E-state index contributed by atoms with van der Waals surface area (Å²) in [5.74, 6) is 0.661. The Morgan fingerprint density at radius 3 is 2.57 bits per heavy atom. The van der Waals surface area contributed by atoms with Crippen LogP contribution in [0.1, 0.15) is 15.9 Å². The molecule has 0 bridgehead atoms. The number of para-hydroxylation sites is 1. The third-order valence-corrected chi connectivity index (χ3v) is 5.94. The van der Waals surface area contributed by atoms with Crippen LogP contribution < -0.4 is 4.74 Å². The lowest BCUT2D eigenvalue weighted by Gasteiger charge is -2.27. The number of ether oxygens (including phenoxy) is 2. The second-order valence-corrected chi connectivity index (χ2v) is 8.44. The Morgan fingerprint density at radius 1 is 1.00 bits per heavy atom. The van der Waals surface area contributed by atoms with Crippen LogP contribution in [0.25, 0.3) is 10.9 Å². The van der Waals surface area contributed by atoms with Crippen molar-refractivity contribution in [3.8, 4) is 17.4 Å². The fourth-order valence-corrected chi connectivity index (χ4v) is 4.04. The van der Waals surface area contributed by atoms with E-state index < -0.39 is 5.91 Å². The van der Waals surface area contributed by atoms with Crippen molar-refractivity contribution in [3.05, 3.63) is 83.9 Å². The number of morpholine rings is 1. The smallest absolute Gasteiger partial charge is 0.295 e. The predicted molar refractivity (Wildman–Crippen MR) is 133 cm³/mol. The maximum atomic E-state index is 12.8. The van der Waals surface area contributed by atoms with Gasteiger partial charge in [-0.2, -0.15) is 0 Å². The minimum atomic E-state index is -0.524. The van der Waals surface area contributed by atoms with Gasteiger partial charge in [-0.1, -0.05) is 42.0 Å². The molecule has 1 saturated heterocycles. The summed E-state index contributed by atoms with van der Waals surface area (Å²) in [4.78, 5) is 15.0. The third-order valence-electron chi connectivity index (χ3n) is 5.94. The largest absolute Gasteiger partial charge is 0.493 e. The van der Waals surface area contributed by atoms with E-state index in [0.717, 1.165) is 29.6 Å². The van der Waals surface area contributed by atoms with E-state index >= 15 is 0 Å². The average Bonchev–Trinajstić information content (AvgIpc) is 3.15. The predicted octanol–water partition coefficient (Wildman–Crippen LogP) is 5.66. The molecule has 1 N–H and O–H groups in total. The van der Waals surface area contributed by atoms with Crippen LogP contribution in [-0.2, 0) is 11.4 Å². The molecule has 1 fully saturated rings. The molecule has 178 valence electrons. The van der Waals surface area contributed by atoms with Gasteiger partial charge < -0.3 is 14.6 Å². The Bertz CT molecular complexity index is 1370. The third kappa shape index (κ3) is 5.08. The zero-order chi connectivity index (χ0) is 24.2. The first-order chi connectivity index (χ1) is 17.1. The standard InChI is InChI=1S/C27H26N4O4/c1-19-9-11-21(12-10-19)35-22-6-4-5-20(17-22)26(32)29-28-25-23-7-2-3-8-24(23)31(27(25)33)18-30-13-15-34-16-14-30/h2-12,17,33H,13-16,18H2,1H3. The summed E-state index contributed by atoms with van der Waals surface area (Å²) >= 11 is 0. The molecule has 1 aromatic heterocycles. The molecule has 1 aliphatic rings. The van der Waals surface area contributed by atoms with Gasteiger partial charge in [0.2, 0.25) is 5.88 Å². The first-order valence-corrected chi connectivity index (χ1v) is 11.5. The van der Waals surface area contributed by atoms with Crippen molar-refractivity contribution < 1.29 is 19.4 Å². The highest BCUT2D eigenvalue weighted by atomic mass is 16.5. The van der Waals surface area contributed by atoms with Crippen LogP contribution in [0.3, 0.4) is 0 Å². The normalized spacial score (nSPS) is 14.5. The molecule has 0 unspecified atom stereocenters. The summed E-state index contributed by atoms with van der Waals surface area (Å²) < 4.78 is 13.1. The fourth-order valence-electron chi connectivity index (χ4n) is 4.04. The van der Waals surface area contributed by atoms with Crippen LogP contribution in [0, 0.1) is 6.92 Å². The number of carbonyl (C=O) groups is 1. The van der Waals surface area contributed by atoms with E-state index in [1.165, 1.54) is 0 Å².